The number of nitrogens with one attached hydrogen (secondary N) is 1. The van der Waals surface area contributed by atoms with Crippen molar-refractivity contribution in [2.45, 2.75) is 52.2 Å². The summed E-state index contributed by atoms with van der Waals surface area (Å²) in [5.41, 5.74) is 0.815. The highest BCUT2D eigenvalue weighted by atomic mass is 32.1. The van der Waals surface area contributed by atoms with Crippen LogP contribution in [0, 0.1) is 6.92 Å². The second-order valence-corrected chi connectivity index (χ2v) is 7.40. The van der Waals surface area contributed by atoms with E-state index in [1.807, 2.05) is 20.8 Å². The van der Waals surface area contributed by atoms with E-state index in [4.69, 9.17) is 4.74 Å². The number of carbonyl (C=O) groups is 1. The summed E-state index contributed by atoms with van der Waals surface area (Å²) >= 11 is 1.50. The molecule has 1 aliphatic rings. The molecule has 1 atom stereocenters. The normalized spacial score (nSPS) is 17.8. The van der Waals surface area contributed by atoms with Crippen LogP contribution in [0.15, 0.2) is 4.79 Å². The van der Waals surface area contributed by atoms with Gasteiger partial charge in [-0.3, -0.25) is 9.59 Å². The zero-order valence-electron chi connectivity index (χ0n) is 14.2. The lowest BCUT2D eigenvalue weighted by atomic mass is 10.2. The molecule has 1 saturated heterocycles. The molecule has 2 aromatic heterocycles. The van der Waals surface area contributed by atoms with Crippen molar-refractivity contribution >= 4 is 27.5 Å². The van der Waals surface area contributed by atoms with Crippen molar-refractivity contribution < 1.29 is 9.53 Å². The van der Waals surface area contributed by atoms with Crippen LogP contribution in [0.3, 0.4) is 0 Å². The average Bonchev–Trinajstić information content (AvgIpc) is 3.19. The van der Waals surface area contributed by atoms with Crippen LogP contribution in [-0.2, 0) is 16.1 Å². The molecule has 8 heteroatoms. The van der Waals surface area contributed by atoms with E-state index in [1.54, 1.807) is 0 Å². The summed E-state index contributed by atoms with van der Waals surface area (Å²) in [7, 11) is 0. The van der Waals surface area contributed by atoms with Gasteiger partial charge in [-0.25, -0.2) is 9.67 Å². The molecule has 1 fully saturated rings. The molecule has 1 N–H and O–H groups in total. The second kappa shape index (κ2) is 6.98. The molecule has 3 heterocycles. The van der Waals surface area contributed by atoms with Crippen LogP contribution >= 0.6 is 11.3 Å². The molecule has 2 aromatic rings. The van der Waals surface area contributed by atoms with E-state index in [1.165, 1.54) is 16.0 Å². The molecule has 0 bridgehead atoms. The van der Waals surface area contributed by atoms with Gasteiger partial charge in [-0.15, -0.1) is 11.3 Å². The third-order valence-corrected chi connectivity index (χ3v) is 5.48. The number of aryl methyl sites for hydroxylation is 1. The molecule has 0 radical (unpaired) electrons. The number of nitrogens with zero attached hydrogens (tertiary/aromatic N) is 3. The quantitative estimate of drug-likeness (QED) is 0.885. The molecule has 0 spiro atoms. The van der Waals surface area contributed by atoms with Gasteiger partial charge >= 0.3 is 0 Å². The number of hydrogen-bond acceptors (Lipinski definition) is 6. The number of hydrogen-bond donors (Lipinski definition) is 1. The molecule has 0 aliphatic carbocycles. The smallest absolute Gasteiger partial charge is 0.294 e. The predicted molar refractivity (Wildman–Crippen MR) is 92.5 cm³/mol. The van der Waals surface area contributed by atoms with Crippen molar-refractivity contribution in [1.82, 2.24) is 20.1 Å². The van der Waals surface area contributed by atoms with Crippen molar-refractivity contribution in [2.75, 3.05) is 13.2 Å². The first-order valence-corrected chi connectivity index (χ1v) is 9.04. The van der Waals surface area contributed by atoms with Gasteiger partial charge in [0.15, 0.2) is 5.52 Å². The van der Waals surface area contributed by atoms with Crippen molar-refractivity contribution in [3.8, 4) is 0 Å². The number of carbonyl (C=O) groups excluding carboxylic acids is 1. The molecule has 7 nitrogen and oxygen atoms in total. The molecule has 1 amide bonds. The molecule has 3 rings (SSSR count). The third-order valence-electron chi connectivity index (χ3n) is 4.02. The van der Waals surface area contributed by atoms with Gasteiger partial charge in [0.1, 0.15) is 6.54 Å². The Labute approximate surface area is 144 Å². The lowest BCUT2D eigenvalue weighted by molar-refractivity contribution is -0.122. The van der Waals surface area contributed by atoms with Crippen molar-refractivity contribution in [2.24, 2.45) is 0 Å². The first kappa shape index (κ1) is 17.0. The van der Waals surface area contributed by atoms with Gasteiger partial charge in [0.2, 0.25) is 5.91 Å². The Kier molecular flexibility index (Phi) is 4.96. The van der Waals surface area contributed by atoms with Crippen LogP contribution in [0.1, 0.15) is 43.3 Å². The summed E-state index contributed by atoms with van der Waals surface area (Å²) in [6.07, 6.45) is 2.06. The van der Waals surface area contributed by atoms with E-state index in [0.29, 0.717) is 12.1 Å². The van der Waals surface area contributed by atoms with E-state index in [0.717, 1.165) is 34.8 Å². The largest absolute Gasteiger partial charge is 0.376 e. The van der Waals surface area contributed by atoms with Crippen molar-refractivity contribution in [1.29, 1.82) is 0 Å². The summed E-state index contributed by atoms with van der Waals surface area (Å²) in [6.45, 7) is 7.04. The number of fused-ring (bicyclic) bond motifs is 1. The minimum atomic E-state index is -0.314. The van der Waals surface area contributed by atoms with Gasteiger partial charge in [-0.2, -0.15) is 5.10 Å². The van der Waals surface area contributed by atoms with E-state index in [2.05, 4.69) is 15.4 Å². The second-order valence-electron chi connectivity index (χ2n) is 6.37. The molecule has 1 aliphatic heterocycles. The van der Waals surface area contributed by atoms with Crippen LogP contribution in [-0.4, -0.2) is 39.9 Å². The highest BCUT2D eigenvalue weighted by Gasteiger charge is 2.19. The van der Waals surface area contributed by atoms with E-state index in [9.17, 15) is 9.59 Å². The van der Waals surface area contributed by atoms with Crippen LogP contribution in [0.5, 0.6) is 0 Å². The molecular weight excluding hydrogens is 328 g/mol. The SMILES string of the molecule is Cc1nn(CC(=O)NC[C@H]2CCCO2)c(=O)c2nc(C(C)C)sc12. The first-order chi connectivity index (χ1) is 11.5. The van der Waals surface area contributed by atoms with Gasteiger partial charge in [-0.1, -0.05) is 13.8 Å². The zero-order valence-corrected chi connectivity index (χ0v) is 15.0. The van der Waals surface area contributed by atoms with Crippen LogP contribution in [0.2, 0.25) is 0 Å². The first-order valence-electron chi connectivity index (χ1n) is 8.22. The minimum absolute atomic E-state index is 0.0787. The van der Waals surface area contributed by atoms with Crippen LogP contribution < -0.4 is 10.9 Å². The van der Waals surface area contributed by atoms with E-state index >= 15 is 0 Å². The third kappa shape index (κ3) is 3.49. The Morgan fingerprint density at radius 1 is 1.50 bits per heavy atom. The maximum Gasteiger partial charge on any atom is 0.294 e. The van der Waals surface area contributed by atoms with E-state index < -0.39 is 0 Å². The molecule has 24 heavy (non-hydrogen) atoms. The molecule has 0 unspecified atom stereocenters. The van der Waals surface area contributed by atoms with Gasteiger partial charge in [0.25, 0.3) is 5.56 Å². The summed E-state index contributed by atoms with van der Waals surface area (Å²) in [5.74, 6) is 0.0162. The monoisotopic (exact) mass is 350 g/mol. The maximum atomic E-state index is 12.6. The number of thiazole rings is 1. The maximum absolute atomic E-state index is 12.6. The van der Waals surface area contributed by atoms with Crippen molar-refractivity contribution in [3.05, 3.63) is 21.1 Å². The molecule has 130 valence electrons. The number of rotatable bonds is 5. The predicted octanol–water partition coefficient (Wildman–Crippen LogP) is 1.58. The Bertz CT molecular complexity index is 805. The Morgan fingerprint density at radius 2 is 2.29 bits per heavy atom. The molecule has 0 saturated carbocycles. The van der Waals surface area contributed by atoms with Crippen molar-refractivity contribution in [3.63, 3.8) is 0 Å². The van der Waals surface area contributed by atoms with Gasteiger partial charge in [-0.05, 0) is 19.8 Å². The molecular formula is C16H22N4O3S. The number of ether oxygens (including phenoxy) is 1. The Balaban J connectivity index is 1.77. The van der Waals surface area contributed by atoms with Gasteiger partial charge in [0.05, 0.1) is 21.5 Å². The fourth-order valence-electron chi connectivity index (χ4n) is 2.70. The lowest BCUT2D eigenvalue weighted by Crippen LogP contribution is -2.37. The minimum Gasteiger partial charge on any atom is -0.376 e. The number of aromatic nitrogens is 3. The topological polar surface area (TPSA) is 86.1 Å². The van der Waals surface area contributed by atoms with Gasteiger partial charge < -0.3 is 10.1 Å². The Hall–Kier alpha value is -1.80. The van der Waals surface area contributed by atoms with Crippen LogP contribution in [0.25, 0.3) is 10.2 Å². The number of amides is 1. The fraction of sp³-hybridized carbons (Fsp3) is 0.625. The fourth-order valence-corrected chi connectivity index (χ4v) is 3.70. The highest BCUT2D eigenvalue weighted by molar-refractivity contribution is 7.18. The van der Waals surface area contributed by atoms with Gasteiger partial charge in [0, 0.05) is 19.1 Å². The standard InChI is InChI=1S/C16H22N4O3S/c1-9(2)15-18-13-14(24-15)10(3)19-20(16(13)22)8-12(21)17-7-11-5-4-6-23-11/h9,11H,4-8H2,1-3H3,(H,17,21)/t11-/m1/s1. The molecule has 0 aromatic carbocycles. The van der Waals surface area contributed by atoms with Crippen LogP contribution in [0.4, 0.5) is 0 Å². The zero-order chi connectivity index (χ0) is 17.3. The summed E-state index contributed by atoms with van der Waals surface area (Å²) in [6, 6.07) is 0. The average molecular weight is 350 g/mol. The Morgan fingerprint density at radius 3 is 2.96 bits per heavy atom. The summed E-state index contributed by atoms with van der Waals surface area (Å²) in [5, 5.41) is 8.00. The van der Waals surface area contributed by atoms with E-state index in [-0.39, 0.29) is 30.0 Å². The summed E-state index contributed by atoms with van der Waals surface area (Å²) < 4.78 is 7.48. The summed E-state index contributed by atoms with van der Waals surface area (Å²) in [4.78, 5) is 29.1. The highest BCUT2D eigenvalue weighted by Crippen LogP contribution is 2.26. The lowest BCUT2D eigenvalue weighted by Gasteiger charge is -2.11.